The Morgan fingerprint density at radius 3 is 2.66 bits per heavy atom. The first kappa shape index (κ1) is 23.1. The number of amides is 1. The predicted octanol–water partition coefficient (Wildman–Crippen LogP) is 6.39. The van der Waals surface area contributed by atoms with Gasteiger partial charge in [0.05, 0.1) is 17.6 Å². The molecule has 176 valence electrons. The third kappa shape index (κ3) is 5.38. The Morgan fingerprint density at radius 2 is 1.74 bits per heavy atom. The van der Waals surface area contributed by atoms with E-state index >= 15 is 0 Å². The van der Waals surface area contributed by atoms with Crippen LogP contribution in [0.1, 0.15) is 22.6 Å². The minimum absolute atomic E-state index is 0.0664. The van der Waals surface area contributed by atoms with Crippen molar-refractivity contribution in [2.24, 2.45) is 0 Å². The number of halogens is 1. The zero-order valence-corrected chi connectivity index (χ0v) is 20.9. The normalized spacial score (nSPS) is 11.1. The van der Waals surface area contributed by atoms with Gasteiger partial charge in [0.2, 0.25) is 0 Å². The minimum atomic E-state index is -0.0664. The summed E-state index contributed by atoms with van der Waals surface area (Å²) in [6, 6.07) is 30.0. The van der Waals surface area contributed by atoms with Crippen LogP contribution < -0.4 is 10.1 Å². The molecular weight excluding hydrogens is 502 g/mol. The number of benzene rings is 4. The summed E-state index contributed by atoms with van der Waals surface area (Å²) >= 11 is 3.41. The summed E-state index contributed by atoms with van der Waals surface area (Å²) < 4.78 is 9.33. The van der Waals surface area contributed by atoms with Crippen molar-refractivity contribution in [2.45, 2.75) is 19.4 Å². The lowest BCUT2D eigenvalue weighted by Gasteiger charge is -2.13. The topological polar surface area (TPSA) is 56.2 Å². The van der Waals surface area contributed by atoms with Gasteiger partial charge in [0.15, 0.2) is 0 Å². The number of nitrogens with zero attached hydrogens (tertiary/aromatic N) is 2. The van der Waals surface area contributed by atoms with Gasteiger partial charge in [-0.25, -0.2) is 4.98 Å². The Kier molecular flexibility index (Phi) is 7.09. The number of imidazole rings is 1. The number of fused-ring (bicyclic) bond motifs is 2. The quantitative estimate of drug-likeness (QED) is 0.226. The second kappa shape index (κ2) is 10.7. The number of rotatable bonds is 9. The zero-order chi connectivity index (χ0) is 24.0. The van der Waals surface area contributed by atoms with Crippen molar-refractivity contribution < 1.29 is 9.53 Å². The number of carbonyl (C=O) groups excluding carboxylic acids is 1. The number of hydrogen-bond acceptors (Lipinski definition) is 3. The van der Waals surface area contributed by atoms with E-state index in [0.717, 1.165) is 45.3 Å². The van der Waals surface area contributed by atoms with Crippen LogP contribution in [-0.4, -0.2) is 28.6 Å². The molecule has 5 rings (SSSR count). The van der Waals surface area contributed by atoms with Gasteiger partial charge in [-0.15, -0.1) is 0 Å². The Bertz CT molecular complexity index is 1470. The molecule has 1 amide bonds. The van der Waals surface area contributed by atoms with E-state index in [1.807, 2.05) is 66.7 Å². The van der Waals surface area contributed by atoms with Gasteiger partial charge in [-0.05, 0) is 48.2 Å². The molecule has 0 bridgehead atoms. The molecule has 1 heterocycles. The van der Waals surface area contributed by atoms with Gasteiger partial charge in [-0.2, -0.15) is 0 Å². The highest BCUT2D eigenvalue weighted by atomic mass is 79.9. The lowest BCUT2D eigenvalue weighted by molar-refractivity contribution is 0.0953. The zero-order valence-electron chi connectivity index (χ0n) is 19.3. The molecule has 5 aromatic rings. The number of ether oxygens (including phenoxy) is 1. The lowest BCUT2D eigenvalue weighted by Crippen LogP contribution is -2.25. The predicted molar refractivity (Wildman–Crippen MR) is 144 cm³/mol. The lowest BCUT2D eigenvalue weighted by atomic mass is 10.1. The van der Waals surface area contributed by atoms with Crippen LogP contribution in [-0.2, 0) is 13.0 Å². The van der Waals surface area contributed by atoms with E-state index in [-0.39, 0.29) is 5.91 Å². The molecule has 0 radical (unpaired) electrons. The summed E-state index contributed by atoms with van der Waals surface area (Å²) in [5, 5.41) is 5.30. The molecule has 0 saturated carbocycles. The molecule has 0 aliphatic heterocycles. The van der Waals surface area contributed by atoms with E-state index in [2.05, 4.69) is 50.1 Å². The molecule has 0 aliphatic carbocycles. The molecule has 0 atom stereocenters. The Labute approximate surface area is 212 Å². The SMILES string of the molecule is O=C(NCCCc1nc2ccccc2n1CCOc1cccc2ccccc12)c1cccc(Br)c1. The molecule has 6 heteroatoms. The van der Waals surface area contributed by atoms with Crippen LogP contribution in [0.4, 0.5) is 0 Å². The van der Waals surface area contributed by atoms with E-state index in [9.17, 15) is 4.79 Å². The van der Waals surface area contributed by atoms with Gasteiger partial charge in [0.25, 0.3) is 5.91 Å². The number of para-hydroxylation sites is 2. The van der Waals surface area contributed by atoms with Crippen molar-refractivity contribution in [3.63, 3.8) is 0 Å². The summed E-state index contributed by atoms with van der Waals surface area (Å²) in [5.74, 6) is 1.83. The molecule has 4 aromatic carbocycles. The summed E-state index contributed by atoms with van der Waals surface area (Å²) in [4.78, 5) is 17.3. The van der Waals surface area contributed by atoms with Crippen LogP contribution in [0, 0.1) is 0 Å². The van der Waals surface area contributed by atoms with Crippen molar-refractivity contribution in [2.75, 3.05) is 13.2 Å². The molecular formula is C29H26BrN3O2. The van der Waals surface area contributed by atoms with Gasteiger partial charge in [0, 0.05) is 28.4 Å². The fourth-order valence-electron chi connectivity index (χ4n) is 4.31. The van der Waals surface area contributed by atoms with E-state index < -0.39 is 0 Å². The van der Waals surface area contributed by atoms with Crippen LogP contribution in [0.2, 0.25) is 0 Å². The first-order valence-corrected chi connectivity index (χ1v) is 12.6. The maximum absolute atomic E-state index is 12.4. The summed E-state index contributed by atoms with van der Waals surface area (Å²) in [7, 11) is 0. The van der Waals surface area contributed by atoms with E-state index in [1.54, 1.807) is 0 Å². The third-order valence-electron chi connectivity index (χ3n) is 6.01. The van der Waals surface area contributed by atoms with Crippen LogP contribution in [0.5, 0.6) is 5.75 Å². The molecule has 0 aliphatic rings. The molecule has 0 unspecified atom stereocenters. The van der Waals surface area contributed by atoms with Crippen LogP contribution in [0.25, 0.3) is 21.8 Å². The number of nitrogens with one attached hydrogen (secondary N) is 1. The molecule has 1 aromatic heterocycles. The Hall–Kier alpha value is -3.64. The van der Waals surface area contributed by atoms with Gasteiger partial charge in [-0.3, -0.25) is 4.79 Å². The molecule has 1 N–H and O–H groups in total. The second-order valence-corrected chi connectivity index (χ2v) is 9.28. The van der Waals surface area contributed by atoms with Crippen LogP contribution in [0.15, 0.2) is 95.5 Å². The number of carbonyl (C=O) groups is 1. The summed E-state index contributed by atoms with van der Waals surface area (Å²) in [5.41, 5.74) is 2.73. The standard InChI is InChI=1S/C29H26BrN3O2/c30-23-11-5-10-22(20-23)29(34)31-17-7-16-28-32-25-13-3-4-14-26(25)33(28)18-19-35-27-15-6-9-21-8-1-2-12-24(21)27/h1-6,8-15,20H,7,16-19H2,(H,31,34). The van der Waals surface area contributed by atoms with Gasteiger partial charge in [0.1, 0.15) is 18.2 Å². The van der Waals surface area contributed by atoms with Gasteiger partial charge in [-0.1, -0.05) is 70.5 Å². The van der Waals surface area contributed by atoms with Crippen molar-refractivity contribution in [3.05, 3.63) is 107 Å². The van der Waals surface area contributed by atoms with Crippen LogP contribution in [0.3, 0.4) is 0 Å². The van der Waals surface area contributed by atoms with Crippen molar-refractivity contribution in [1.82, 2.24) is 14.9 Å². The maximum atomic E-state index is 12.4. The van der Waals surface area contributed by atoms with Crippen molar-refractivity contribution >= 4 is 43.6 Å². The van der Waals surface area contributed by atoms with E-state index in [1.165, 1.54) is 5.39 Å². The first-order chi connectivity index (χ1) is 17.2. The molecule has 35 heavy (non-hydrogen) atoms. The third-order valence-corrected chi connectivity index (χ3v) is 6.50. The second-order valence-electron chi connectivity index (χ2n) is 8.36. The van der Waals surface area contributed by atoms with Gasteiger partial charge >= 0.3 is 0 Å². The van der Waals surface area contributed by atoms with Crippen LogP contribution >= 0.6 is 15.9 Å². The van der Waals surface area contributed by atoms with Gasteiger partial charge < -0.3 is 14.6 Å². The fraction of sp³-hybridized carbons (Fsp3) is 0.172. The summed E-state index contributed by atoms with van der Waals surface area (Å²) in [6.07, 6.45) is 1.56. The maximum Gasteiger partial charge on any atom is 0.251 e. The van der Waals surface area contributed by atoms with E-state index in [0.29, 0.717) is 25.3 Å². The van der Waals surface area contributed by atoms with E-state index in [4.69, 9.17) is 9.72 Å². The monoisotopic (exact) mass is 527 g/mol. The number of hydrogen-bond donors (Lipinski definition) is 1. The molecule has 5 nitrogen and oxygen atoms in total. The average Bonchev–Trinajstić information content (AvgIpc) is 3.24. The summed E-state index contributed by atoms with van der Waals surface area (Å²) in [6.45, 7) is 1.82. The fourth-order valence-corrected chi connectivity index (χ4v) is 4.71. The highest BCUT2D eigenvalue weighted by molar-refractivity contribution is 9.10. The number of aromatic nitrogens is 2. The first-order valence-electron chi connectivity index (χ1n) is 11.8. The molecule has 0 fully saturated rings. The highest BCUT2D eigenvalue weighted by Crippen LogP contribution is 2.25. The Morgan fingerprint density at radius 1 is 0.943 bits per heavy atom. The molecule has 0 saturated heterocycles. The number of aryl methyl sites for hydroxylation is 1. The van der Waals surface area contributed by atoms with Crippen molar-refractivity contribution in [3.8, 4) is 5.75 Å². The smallest absolute Gasteiger partial charge is 0.251 e. The highest BCUT2D eigenvalue weighted by Gasteiger charge is 2.12. The average molecular weight is 528 g/mol. The largest absolute Gasteiger partial charge is 0.491 e. The minimum Gasteiger partial charge on any atom is -0.491 e. The Balaban J connectivity index is 1.24. The molecule has 0 spiro atoms. The van der Waals surface area contributed by atoms with Crippen molar-refractivity contribution in [1.29, 1.82) is 0 Å².